The van der Waals surface area contributed by atoms with Crippen LogP contribution in [0.2, 0.25) is 10.0 Å². The SMILES string of the molecule is CC[C@H](C)NC(=O)[C@H](C)N(Cc1ccccc1F)C(=O)CN(c1cccc(Cl)c1Cl)S(=O)(=O)c1ccccc1. The summed E-state index contributed by atoms with van der Waals surface area (Å²) in [6.45, 7) is 4.26. The highest BCUT2D eigenvalue weighted by Gasteiger charge is 2.34. The van der Waals surface area contributed by atoms with Gasteiger partial charge in [-0.05, 0) is 50.6 Å². The molecular weight excluding hydrogens is 564 g/mol. The smallest absolute Gasteiger partial charge is 0.264 e. The summed E-state index contributed by atoms with van der Waals surface area (Å²) in [5, 5.41) is 2.86. The van der Waals surface area contributed by atoms with E-state index in [9.17, 15) is 22.4 Å². The highest BCUT2D eigenvalue weighted by molar-refractivity contribution is 7.92. The predicted molar refractivity (Wildman–Crippen MR) is 152 cm³/mol. The minimum atomic E-state index is -4.30. The average molecular weight is 595 g/mol. The first kappa shape index (κ1) is 30.4. The molecular formula is C28H30Cl2FN3O4S. The van der Waals surface area contributed by atoms with Gasteiger partial charge in [-0.15, -0.1) is 0 Å². The third-order valence-corrected chi connectivity index (χ3v) is 8.86. The first-order chi connectivity index (χ1) is 18.5. The number of sulfonamides is 1. The molecule has 2 atom stereocenters. The number of rotatable bonds is 11. The van der Waals surface area contributed by atoms with E-state index in [-0.39, 0.29) is 38.8 Å². The van der Waals surface area contributed by atoms with Crippen LogP contribution in [0.15, 0.2) is 77.7 Å². The van der Waals surface area contributed by atoms with Crippen LogP contribution < -0.4 is 9.62 Å². The van der Waals surface area contributed by atoms with Gasteiger partial charge in [-0.2, -0.15) is 0 Å². The van der Waals surface area contributed by atoms with Crippen LogP contribution in [-0.2, 0) is 26.2 Å². The van der Waals surface area contributed by atoms with Crippen molar-refractivity contribution in [1.29, 1.82) is 0 Å². The number of amides is 2. The number of benzene rings is 3. The van der Waals surface area contributed by atoms with Crippen LogP contribution in [0.4, 0.5) is 10.1 Å². The fraction of sp³-hybridized carbons (Fsp3) is 0.286. The van der Waals surface area contributed by atoms with E-state index in [1.807, 2.05) is 13.8 Å². The van der Waals surface area contributed by atoms with Gasteiger partial charge < -0.3 is 10.2 Å². The lowest BCUT2D eigenvalue weighted by Gasteiger charge is -2.32. The molecule has 7 nitrogen and oxygen atoms in total. The first-order valence-corrected chi connectivity index (χ1v) is 14.5. The van der Waals surface area contributed by atoms with Gasteiger partial charge in [0.05, 0.1) is 20.6 Å². The van der Waals surface area contributed by atoms with E-state index in [0.29, 0.717) is 6.42 Å². The van der Waals surface area contributed by atoms with Gasteiger partial charge in [0.15, 0.2) is 0 Å². The molecule has 0 fully saturated rings. The quantitative estimate of drug-likeness (QED) is 0.311. The lowest BCUT2D eigenvalue weighted by Crippen LogP contribution is -2.52. The Balaban J connectivity index is 2.07. The molecule has 0 saturated heterocycles. The summed E-state index contributed by atoms with van der Waals surface area (Å²) in [6.07, 6.45) is 0.663. The third-order valence-electron chi connectivity index (χ3n) is 6.28. The van der Waals surface area contributed by atoms with Crippen molar-refractivity contribution in [2.45, 2.75) is 50.7 Å². The highest BCUT2D eigenvalue weighted by Crippen LogP contribution is 2.35. The van der Waals surface area contributed by atoms with Gasteiger partial charge >= 0.3 is 0 Å². The number of nitrogens with one attached hydrogen (secondary N) is 1. The Bertz CT molecular complexity index is 1420. The van der Waals surface area contributed by atoms with E-state index < -0.39 is 40.2 Å². The summed E-state index contributed by atoms with van der Waals surface area (Å²) in [4.78, 5) is 28.0. The molecule has 0 unspecified atom stereocenters. The molecule has 0 heterocycles. The number of hydrogen-bond acceptors (Lipinski definition) is 4. The van der Waals surface area contributed by atoms with Gasteiger partial charge in [-0.3, -0.25) is 13.9 Å². The minimum absolute atomic E-state index is 0.0103. The summed E-state index contributed by atoms with van der Waals surface area (Å²) < 4.78 is 43.0. The number of carbonyl (C=O) groups excluding carboxylic acids is 2. The first-order valence-electron chi connectivity index (χ1n) is 12.3. The molecule has 0 saturated carbocycles. The van der Waals surface area contributed by atoms with Crippen molar-refractivity contribution < 1.29 is 22.4 Å². The molecule has 0 aromatic heterocycles. The fourth-order valence-corrected chi connectivity index (χ4v) is 5.67. The van der Waals surface area contributed by atoms with Gasteiger partial charge in [0.25, 0.3) is 10.0 Å². The molecule has 0 aliphatic rings. The Morgan fingerprint density at radius 3 is 2.23 bits per heavy atom. The molecule has 39 heavy (non-hydrogen) atoms. The molecule has 11 heteroatoms. The molecule has 3 aromatic carbocycles. The Morgan fingerprint density at radius 1 is 0.949 bits per heavy atom. The van der Waals surface area contributed by atoms with Crippen molar-refractivity contribution in [3.8, 4) is 0 Å². The van der Waals surface area contributed by atoms with Crippen molar-refractivity contribution in [2.75, 3.05) is 10.8 Å². The average Bonchev–Trinajstić information content (AvgIpc) is 2.92. The van der Waals surface area contributed by atoms with Crippen LogP contribution in [-0.4, -0.2) is 43.8 Å². The van der Waals surface area contributed by atoms with Gasteiger partial charge in [-0.1, -0.05) is 72.6 Å². The standard InChI is InChI=1S/C28H30Cl2FN3O4S/c1-4-19(2)32-28(36)20(3)33(17-21-11-8-9-15-24(21)31)26(35)18-34(25-16-10-14-23(29)27(25)30)39(37,38)22-12-6-5-7-13-22/h5-16,19-20H,4,17-18H2,1-3H3,(H,32,36)/t19-,20-/m0/s1. The predicted octanol–water partition coefficient (Wildman–Crippen LogP) is 5.66. The summed E-state index contributed by atoms with van der Waals surface area (Å²) in [7, 11) is -4.30. The van der Waals surface area contributed by atoms with E-state index in [2.05, 4.69) is 5.32 Å². The fourth-order valence-electron chi connectivity index (χ4n) is 3.78. The number of carbonyl (C=O) groups is 2. The van der Waals surface area contributed by atoms with Crippen molar-refractivity contribution in [3.05, 3.63) is 94.2 Å². The molecule has 1 N–H and O–H groups in total. The van der Waals surface area contributed by atoms with E-state index in [1.54, 1.807) is 24.3 Å². The van der Waals surface area contributed by atoms with Crippen LogP contribution in [0.1, 0.15) is 32.8 Å². The largest absolute Gasteiger partial charge is 0.352 e. The zero-order valence-electron chi connectivity index (χ0n) is 21.8. The van der Waals surface area contributed by atoms with Gasteiger partial charge in [0.1, 0.15) is 18.4 Å². The summed E-state index contributed by atoms with van der Waals surface area (Å²) >= 11 is 12.6. The van der Waals surface area contributed by atoms with Crippen molar-refractivity contribution >= 4 is 50.7 Å². The number of halogens is 3. The minimum Gasteiger partial charge on any atom is -0.352 e. The molecule has 0 radical (unpaired) electrons. The lowest BCUT2D eigenvalue weighted by molar-refractivity contribution is -0.139. The maximum absolute atomic E-state index is 14.6. The van der Waals surface area contributed by atoms with E-state index in [0.717, 1.165) is 9.21 Å². The Hall–Kier alpha value is -3.14. The van der Waals surface area contributed by atoms with Gasteiger partial charge in [-0.25, -0.2) is 12.8 Å². The molecule has 0 spiro atoms. The number of nitrogens with zero attached hydrogens (tertiary/aromatic N) is 2. The molecule has 0 bridgehead atoms. The van der Waals surface area contributed by atoms with E-state index in [1.165, 1.54) is 55.5 Å². The summed E-state index contributed by atoms with van der Waals surface area (Å²) in [5.41, 5.74) is 0.163. The molecule has 0 aliphatic carbocycles. The van der Waals surface area contributed by atoms with Crippen molar-refractivity contribution in [3.63, 3.8) is 0 Å². The monoisotopic (exact) mass is 593 g/mol. The Morgan fingerprint density at radius 2 is 1.59 bits per heavy atom. The van der Waals surface area contributed by atoms with Crippen molar-refractivity contribution in [1.82, 2.24) is 10.2 Å². The number of hydrogen-bond donors (Lipinski definition) is 1. The Kier molecular flexibility index (Phi) is 10.4. The second-order valence-electron chi connectivity index (χ2n) is 9.00. The van der Waals surface area contributed by atoms with Gasteiger partial charge in [0.2, 0.25) is 11.8 Å². The summed E-state index contributed by atoms with van der Waals surface area (Å²) in [6, 6.07) is 16.7. The second kappa shape index (κ2) is 13.3. The van der Waals surface area contributed by atoms with Crippen LogP contribution >= 0.6 is 23.2 Å². The summed E-state index contributed by atoms with van der Waals surface area (Å²) in [5.74, 6) is -1.75. The Labute approximate surface area is 238 Å². The zero-order valence-corrected chi connectivity index (χ0v) is 24.1. The van der Waals surface area contributed by atoms with Gasteiger partial charge in [0, 0.05) is 18.2 Å². The molecule has 208 valence electrons. The lowest BCUT2D eigenvalue weighted by atomic mass is 10.1. The molecule has 0 aliphatic heterocycles. The topological polar surface area (TPSA) is 86.8 Å². The third kappa shape index (κ3) is 7.29. The van der Waals surface area contributed by atoms with Crippen molar-refractivity contribution in [2.24, 2.45) is 0 Å². The van der Waals surface area contributed by atoms with Crippen LogP contribution in [0.5, 0.6) is 0 Å². The van der Waals surface area contributed by atoms with Crippen LogP contribution in [0.25, 0.3) is 0 Å². The zero-order chi connectivity index (χ0) is 28.7. The number of anilines is 1. The molecule has 2 amide bonds. The highest BCUT2D eigenvalue weighted by atomic mass is 35.5. The second-order valence-corrected chi connectivity index (χ2v) is 11.7. The molecule has 3 aromatic rings. The van der Waals surface area contributed by atoms with E-state index in [4.69, 9.17) is 23.2 Å². The maximum Gasteiger partial charge on any atom is 0.264 e. The normalized spacial score (nSPS) is 12.9. The van der Waals surface area contributed by atoms with E-state index >= 15 is 0 Å². The van der Waals surface area contributed by atoms with Crippen LogP contribution in [0, 0.1) is 5.82 Å². The molecule has 3 rings (SSSR count). The van der Waals surface area contributed by atoms with Crippen LogP contribution in [0.3, 0.4) is 0 Å². The maximum atomic E-state index is 14.6.